The maximum Gasteiger partial charge on any atom is 0.0624 e. The number of nitrogens with two attached hydrogens (primary N) is 1. The lowest BCUT2D eigenvalue weighted by molar-refractivity contribution is 0.522. The Balaban J connectivity index is 2.23. The Morgan fingerprint density at radius 2 is 2.32 bits per heavy atom. The first kappa shape index (κ1) is 14.5. The van der Waals surface area contributed by atoms with Gasteiger partial charge in [-0.1, -0.05) is 18.5 Å². The summed E-state index contributed by atoms with van der Waals surface area (Å²) in [6.45, 7) is 5.07. The molecule has 0 aliphatic heterocycles. The molecule has 6 heteroatoms. The number of aromatic nitrogens is 2. The van der Waals surface area contributed by atoms with Crippen LogP contribution in [0.15, 0.2) is 17.5 Å². The number of rotatable bonds is 6. The Labute approximate surface area is 122 Å². The van der Waals surface area contributed by atoms with E-state index in [0.717, 1.165) is 35.0 Å². The summed E-state index contributed by atoms with van der Waals surface area (Å²) < 4.78 is 2.03. The van der Waals surface area contributed by atoms with E-state index in [9.17, 15) is 0 Å². The van der Waals surface area contributed by atoms with Gasteiger partial charge in [0.1, 0.15) is 0 Å². The highest BCUT2D eigenvalue weighted by atomic mass is 35.5. The molecule has 2 aromatic heterocycles. The molecular formula is C13H19ClN4S. The first-order valence-corrected chi connectivity index (χ1v) is 7.69. The summed E-state index contributed by atoms with van der Waals surface area (Å²) in [5, 5.41) is 7.31. The lowest BCUT2D eigenvalue weighted by Gasteiger charge is -2.15. The van der Waals surface area contributed by atoms with Gasteiger partial charge in [0.05, 0.1) is 16.8 Å². The van der Waals surface area contributed by atoms with Gasteiger partial charge < -0.3 is 0 Å². The van der Waals surface area contributed by atoms with Crippen LogP contribution in [0.2, 0.25) is 5.02 Å². The van der Waals surface area contributed by atoms with Crippen LogP contribution in [-0.2, 0) is 19.4 Å². The van der Waals surface area contributed by atoms with Crippen molar-refractivity contribution in [1.29, 1.82) is 0 Å². The van der Waals surface area contributed by atoms with E-state index in [-0.39, 0.29) is 6.04 Å². The molecule has 2 heterocycles. The number of hydrogen-bond acceptors (Lipinski definition) is 4. The molecule has 1 atom stereocenters. The molecule has 3 N–H and O–H groups in total. The van der Waals surface area contributed by atoms with Crippen molar-refractivity contribution in [2.45, 2.75) is 39.3 Å². The van der Waals surface area contributed by atoms with Gasteiger partial charge in [-0.05, 0) is 30.9 Å². The molecule has 0 saturated heterocycles. The molecule has 0 saturated carbocycles. The van der Waals surface area contributed by atoms with Crippen molar-refractivity contribution in [1.82, 2.24) is 15.2 Å². The van der Waals surface area contributed by atoms with E-state index in [1.165, 1.54) is 5.69 Å². The summed E-state index contributed by atoms with van der Waals surface area (Å²) in [5.74, 6) is 5.68. The molecule has 0 spiro atoms. The van der Waals surface area contributed by atoms with Gasteiger partial charge in [-0.2, -0.15) is 5.10 Å². The van der Waals surface area contributed by atoms with Crippen molar-refractivity contribution in [2.75, 3.05) is 0 Å². The van der Waals surface area contributed by atoms with Gasteiger partial charge in [0.25, 0.3) is 0 Å². The molecule has 2 rings (SSSR count). The monoisotopic (exact) mass is 298 g/mol. The lowest BCUT2D eigenvalue weighted by atomic mass is 10.1. The van der Waals surface area contributed by atoms with Gasteiger partial charge in [0, 0.05) is 23.5 Å². The van der Waals surface area contributed by atoms with Crippen LogP contribution in [0.4, 0.5) is 0 Å². The number of nitrogens with zero attached hydrogens (tertiary/aromatic N) is 2. The van der Waals surface area contributed by atoms with Crippen LogP contribution in [0.3, 0.4) is 0 Å². The maximum atomic E-state index is 6.18. The summed E-state index contributed by atoms with van der Waals surface area (Å²) in [7, 11) is 0. The number of halogens is 1. The fourth-order valence-corrected chi connectivity index (χ4v) is 3.37. The van der Waals surface area contributed by atoms with Crippen LogP contribution in [0.1, 0.15) is 36.2 Å². The molecule has 0 aliphatic carbocycles. The minimum absolute atomic E-state index is 0.0270. The highest BCUT2D eigenvalue weighted by Crippen LogP contribution is 2.30. The highest BCUT2D eigenvalue weighted by Gasteiger charge is 2.18. The van der Waals surface area contributed by atoms with Crippen molar-refractivity contribution in [3.05, 3.63) is 38.8 Å². The number of aryl methyl sites for hydroxylation is 2. The Morgan fingerprint density at radius 1 is 1.53 bits per heavy atom. The molecule has 2 aromatic rings. The number of nitrogens with one attached hydrogen (secondary N) is 1. The summed E-state index contributed by atoms with van der Waals surface area (Å²) >= 11 is 7.80. The van der Waals surface area contributed by atoms with E-state index in [1.807, 2.05) is 16.1 Å². The fraction of sp³-hybridized carbons (Fsp3) is 0.462. The standard InChI is InChI=1S/C13H19ClN4S/c1-3-9-7-10(18(4-2)17-9)8-12(16-15)13-11(14)5-6-19-13/h5-7,12,16H,3-4,8,15H2,1-2H3. The van der Waals surface area contributed by atoms with Gasteiger partial charge >= 0.3 is 0 Å². The normalized spacial score (nSPS) is 12.8. The maximum absolute atomic E-state index is 6.18. The third kappa shape index (κ3) is 3.17. The van der Waals surface area contributed by atoms with Crippen LogP contribution in [0.5, 0.6) is 0 Å². The zero-order chi connectivity index (χ0) is 13.8. The largest absolute Gasteiger partial charge is 0.271 e. The van der Waals surface area contributed by atoms with E-state index in [0.29, 0.717) is 0 Å². The predicted octanol–water partition coefficient (Wildman–Crippen LogP) is 2.93. The van der Waals surface area contributed by atoms with Gasteiger partial charge in [0.15, 0.2) is 0 Å². The molecule has 0 fully saturated rings. The molecule has 0 bridgehead atoms. The van der Waals surface area contributed by atoms with Gasteiger partial charge in [-0.25, -0.2) is 0 Å². The third-order valence-electron chi connectivity index (χ3n) is 3.15. The van der Waals surface area contributed by atoms with Crippen molar-refractivity contribution < 1.29 is 0 Å². The van der Waals surface area contributed by atoms with Crippen LogP contribution in [-0.4, -0.2) is 9.78 Å². The van der Waals surface area contributed by atoms with Crippen LogP contribution < -0.4 is 11.3 Å². The fourth-order valence-electron chi connectivity index (χ4n) is 2.12. The second-order valence-corrected chi connectivity index (χ2v) is 5.71. The lowest BCUT2D eigenvalue weighted by Crippen LogP contribution is -2.29. The SMILES string of the molecule is CCc1cc(CC(NN)c2sccc2Cl)n(CC)n1. The third-order valence-corrected chi connectivity index (χ3v) is 4.62. The Morgan fingerprint density at radius 3 is 2.84 bits per heavy atom. The van der Waals surface area contributed by atoms with E-state index < -0.39 is 0 Å². The summed E-state index contributed by atoms with van der Waals surface area (Å²) in [4.78, 5) is 1.08. The topological polar surface area (TPSA) is 55.9 Å². The molecular weight excluding hydrogens is 280 g/mol. The average Bonchev–Trinajstić information content (AvgIpc) is 3.01. The predicted molar refractivity (Wildman–Crippen MR) is 80.4 cm³/mol. The smallest absolute Gasteiger partial charge is 0.0624 e. The van der Waals surface area contributed by atoms with Crippen molar-refractivity contribution in [2.24, 2.45) is 5.84 Å². The van der Waals surface area contributed by atoms with Crippen molar-refractivity contribution >= 4 is 22.9 Å². The second kappa shape index (κ2) is 6.52. The van der Waals surface area contributed by atoms with E-state index >= 15 is 0 Å². The second-order valence-electron chi connectivity index (χ2n) is 4.35. The molecule has 4 nitrogen and oxygen atoms in total. The Bertz CT molecular complexity index is 534. The molecule has 19 heavy (non-hydrogen) atoms. The number of hydrazine groups is 1. The van der Waals surface area contributed by atoms with E-state index in [2.05, 4.69) is 30.4 Å². The molecule has 0 aromatic carbocycles. The first-order chi connectivity index (χ1) is 9.19. The van der Waals surface area contributed by atoms with Crippen molar-refractivity contribution in [3.8, 4) is 0 Å². The summed E-state index contributed by atoms with van der Waals surface area (Å²) in [6, 6.07) is 4.08. The Kier molecular flexibility index (Phi) is 4.99. The van der Waals surface area contributed by atoms with Gasteiger partial charge in [-0.15, -0.1) is 11.3 Å². The average molecular weight is 299 g/mol. The van der Waals surface area contributed by atoms with Gasteiger partial charge in [0.2, 0.25) is 0 Å². The van der Waals surface area contributed by atoms with Crippen LogP contribution in [0, 0.1) is 0 Å². The van der Waals surface area contributed by atoms with E-state index in [1.54, 1.807) is 11.3 Å². The molecule has 0 radical (unpaired) electrons. The minimum atomic E-state index is 0.0270. The molecule has 0 aliphatic rings. The number of hydrogen-bond donors (Lipinski definition) is 2. The number of thiophene rings is 1. The van der Waals surface area contributed by atoms with Crippen LogP contribution in [0.25, 0.3) is 0 Å². The van der Waals surface area contributed by atoms with Crippen molar-refractivity contribution in [3.63, 3.8) is 0 Å². The first-order valence-electron chi connectivity index (χ1n) is 6.44. The summed E-state index contributed by atoms with van der Waals surface area (Å²) in [6.07, 6.45) is 1.73. The van der Waals surface area contributed by atoms with Gasteiger partial charge in [-0.3, -0.25) is 16.0 Å². The van der Waals surface area contributed by atoms with Crippen LogP contribution >= 0.6 is 22.9 Å². The van der Waals surface area contributed by atoms with E-state index in [4.69, 9.17) is 17.4 Å². The zero-order valence-corrected chi connectivity index (χ0v) is 12.8. The quantitative estimate of drug-likeness (QED) is 0.637. The minimum Gasteiger partial charge on any atom is -0.271 e. The Hall–Kier alpha value is -0.880. The molecule has 1 unspecified atom stereocenters. The zero-order valence-electron chi connectivity index (χ0n) is 11.2. The summed E-state index contributed by atoms with van der Waals surface area (Å²) in [5.41, 5.74) is 5.16. The molecule has 0 amide bonds. The molecule has 104 valence electrons. The highest BCUT2D eigenvalue weighted by molar-refractivity contribution is 7.10.